The Hall–Kier alpha value is -3.89. The number of rotatable bonds is 4. The van der Waals surface area contributed by atoms with Gasteiger partial charge in [0.25, 0.3) is 5.91 Å². The molecule has 0 spiro atoms. The Morgan fingerprint density at radius 3 is 2.87 bits per heavy atom. The summed E-state index contributed by atoms with van der Waals surface area (Å²) < 4.78 is 1.80. The van der Waals surface area contributed by atoms with Gasteiger partial charge in [-0.15, -0.1) is 0 Å². The van der Waals surface area contributed by atoms with E-state index in [-0.39, 0.29) is 5.91 Å². The van der Waals surface area contributed by atoms with Crippen molar-refractivity contribution in [3.8, 4) is 17.7 Å². The highest BCUT2D eigenvalue weighted by Gasteiger charge is 2.10. The largest absolute Gasteiger partial charge is 0.337 e. The van der Waals surface area contributed by atoms with Crippen molar-refractivity contribution in [1.29, 1.82) is 0 Å². The number of nitrogens with one attached hydrogen (secondary N) is 2. The molecule has 0 bridgehead atoms. The zero-order chi connectivity index (χ0) is 21.1. The molecule has 4 rings (SSSR count). The van der Waals surface area contributed by atoms with Gasteiger partial charge in [0, 0.05) is 5.69 Å². The van der Waals surface area contributed by atoms with E-state index >= 15 is 0 Å². The second kappa shape index (κ2) is 8.23. The summed E-state index contributed by atoms with van der Waals surface area (Å²) in [6.45, 7) is 3.58. The van der Waals surface area contributed by atoms with Crippen LogP contribution in [0.4, 0.5) is 17.2 Å². The van der Waals surface area contributed by atoms with Crippen molar-refractivity contribution in [3.63, 3.8) is 0 Å². The Balaban J connectivity index is 1.69. The molecule has 7 nitrogen and oxygen atoms in total. The van der Waals surface area contributed by atoms with Crippen LogP contribution in [0.15, 0.2) is 55.1 Å². The van der Waals surface area contributed by atoms with E-state index < -0.39 is 0 Å². The second-order valence-electron chi connectivity index (χ2n) is 6.47. The molecule has 0 saturated heterocycles. The molecule has 2 N–H and O–H groups in total. The van der Waals surface area contributed by atoms with Crippen LogP contribution in [0.5, 0.6) is 0 Å². The minimum atomic E-state index is -0.371. The van der Waals surface area contributed by atoms with E-state index in [1.165, 1.54) is 0 Å². The molecule has 4 aromatic rings. The van der Waals surface area contributed by atoms with Gasteiger partial charge in [0.2, 0.25) is 0 Å². The summed E-state index contributed by atoms with van der Waals surface area (Å²) in [5, 5.41) is 6.58. The highest BCUT2D eigenvalue weighted by molar-refractivity contribution is 6.33. The third-order valence-corrected chi connectivity index (χ3v) is 4.70. The first-order chi connectivity index (χ1) is 14.5. The number of nitrogens with zero attached hydrogens (tertiary/aromatic N) is 4. The molecule has 0 unspecified atom stereocenters. The van der Waals surface area contributed by atoms with Crippen molar-refractivity contribution in [2.45, 2.75) is 13.8 Å². The Labute approximate surface area is 178 Å². The van der Waals surface area contributed by atoms with Crippen molar-refractivity contribution in [2.24, 2.45) is 0 Å². The maximum Gasteiger partial charge on any atom is 0.300 e. The van der Waals surface area contributed by atoms with Crippen LogP contribution >= 0.6 is 11.6 Å². The third-order valence-electron chi connectivity index (χ3n) is 4.39. The Morgan fingerprint density at radius 1 is 1.20 bits per heavy atom. The van der Waals surface area contributed by atoms with E-state index in [4.69, 9.17) is 11.6 Å². The molecule has 0 aliphatic carbocycles. The molecule has 0 aliphatic rings. The molecule has 0 radical (unpaired) electrons. The van der Waals surface area contributed by atoms with Gasteiger partial charge in [-0.05, 0) is 49.6 Å². The van der Waals surface area contributed by atoms with Crippen molar-refractivity contribution >= 4 is 45.7 Å². The zero-order valence-corrected chi connectivity index (χ0v) is 17.0. The quantitative estimate of drug-likeness (QED) is 0.479. The summed E-state index contributed by atoms with van der Waals surface area (Å²) in [6.07, 6.45) is 4.93. The van der Waals surface area contributed by atoms with Crippen LogP contribution in [-0.2, 0) is 4.79 Å². The number of carbonyl (C=O) groups excluding carboxylic acids is 1. The van der Waals surface area contributed by atoms with Gasteiger partial charge in [-0.25, -0.2) is 9.97 Å². The van der Waals surface area contributed by atoms with E-state index in [0.717, 1.165) is 22.3 Å². The molecule has 0 fully saturated rings. The van der Waals surface area contributed by atoms with E-state index in [2.05, 4.69) is 37.4 Å². The zero-order valence-electron chi connectivity index (χ0n) is 16.3. The smallest absolute Gasteiger partial charge is 0.300 e. The van der Waals surface area contributed by atoms with Crippen LogP contribution in [0.1, 0.15) is 12.5 Å². The molecule has 30 heavy (non-hydrogen) atoms. The molecule has 8 heteroatoms. The lowest BCUT2D eigenvalue weighted by molar-refractivity contribution is -0.111. The number of fused-ring (bicyclic) bond motifs is 1. The molecule has 1 amide bonds. The predicted molar refractivity (Wildman–Crippen MR) is 118 cm³/mol. The molecule has 2 heterocycles. The van der Waals surface area contributed by atoms with E-state index in [1.807, 2.05) is 37.3 Å². The van der Waals surface area contributed by atoms with Crippen molar-refractivity contribution in [3.05, 3.63) is 65.7 Å². The number of amides is 1. The summed E-state index contributed by atoms with van der Waals surface area (Å²) in [4.78, 5) is 25.1. The topological polar surface area (TPSA) is 84.7 Å². The highest BCUT2D eigenvalue weighted by atomic mass is 35.5. The molecule has 148 valence electrons. The van der Waals surface area contributed by atoms with Gasteiger partial charge < -0.3 is 10.6 Å². The number of anilines is 3. The summed E-state index contributed by atoms with van der Waals surface area (Å²) >= 11 is 6.31. The average molecular weight is 417 g/mol. The molecule has 0 atom stereocenters. The van der Waals surface area contributed by atoms with Crippen LogP contribution in [0.3, 0.4) is 0 Å². The second-order valence-corrected chi connectivity index (χ2v) is 6.87. The Morgan fingerprint density at radius 2 is 2.07 bits per heavy atom. The molecular weight excluding hydrogens is 400 g/mol. The SMILES string of the molecule is CC#CC(=O)Nc1ccc2ncn(-c3cncc(Nc4c(C)cccc4Cl)n3)c2c1. The van der Waals surface area contributed by atoms with Gasteiger partial charge in [0.1, 0.15) is 6.33 Å². The minimum absolute atomic E-state index is 0.371. The predicted octanol–water partition coefficient (Wildman–Crippen LogP) is 4.48. The Kier molecular flexibility index (Phi) is 5.33. The number of hydrogen-bond acceptors (Lipinski definition) is 5. The first kappa shape index (κ1) is 19.4. The first-order valence-corrected chi connectivity index (χ1v) is 9.48. The molecule has 0 aliphatic heterocycles. The fourth-order valence-corrected chi connectivity index (χ4v) is 3.26. The van der Waals surface area contributed by atoms with Gasteiger partial charge in [-0.1, -0.05) is 29.7 Å². The number of aromatic nitrogens is 4. The number of benzene rings is 2. The van der Waals surface area contributed by atoms with Crippen molar-refractivity contribution in [2.75, 3.05) is 10.6 Å². The van der Waals surface area contributed by atoms with Crippen LogP contribution in [0.25, 0.3) is 16.9 Å². The number of halogens is 1. The highest BCUT2D eigenvalue weighted by Crippen LogP contribution is 2.28. The normalized spacial score (nSPS) is 10.4. The number of hydrogen-bond donors (Lipinski definition) is 2. The number of imidazole rings is 1. The number of para-hydroxylation sites is 1. The van der Waals surface area contributed by atoms with Crippen LogP contribution in [0.2, 0.25) is 5.02 Å². The van der Waals surface area contributed by atoms with Crippen LogP contribution < -0.4 is 10.6 Å². The summed E-state index contributed by atoms with van der Waals surface area (Å²) in [7, 11) is 0. The minimum Gasteiger partial charge on any atom is -0.337 e. The fraction of sp³-hybridized carbons (Fsp3) is 0.0909. The monoisotopic (exact) mass is 416 g/mol. The van der Waals surface area contributed by atoms with E-state index in [1.54, 1.807) is 36.3 Å². The fourth-order valence-electron chi connectivity index (χ4n) is 2.99. The first-order valence-electron chi connectivity index (χ1n) is 9.10. The maximum absolute atomic E-state index is 11.8. The summed E-state index contributed by atoms with van der Waals surface area (Å²) in [5.74, 6) is 5.79. The number of carbonyl (C=O) groups is 1. The molecule has 2 aromatic carbocycles. The van der Waals surface area contributed by atoms with Gasteiger partial charge in [-0.2, -0.15) is 0 Å². The lowest BCUT2D eigenvalue weighted by Crippen LogP contribution is -2.08. The van der Waals surface area contributed by atoms with E-state index in [0.29, 0.717) is 22.3 Å². The maximum atomic E-state index is 11.8. The van der Waals surface area contributed by atoms with E-state index in [9.17, 15) is 4.79 Å². The third kappa shape index (κ3) is 3.95. The molecule has 0 saturated carbocycles. The molecule has 2 aromatic heterocycles. The van der Waals surface area contributed by atoms with Gasteiger partial charge in [0.05, 0.1) is 34.1 Å². The number of aryl methyl sites for hydroxylation is 1. The lowest BCUT2D eigenvalue weighted by Gasteiger charge is -2.12. The van der Waals surface area contributed by atoms with Crippen LogP contribution in [-0.4, -0.2) is 25.4 Å². The lowest BCUT2D eigenvalue weighted by atomic mass is 10.2. The van der Waals surface area contributed by atoms with Gasteiger partial charge in [-0.3, -0.25) is 14.3 Å². The van der Waals surface area contributed by atoms with Crippen molar-refractivity contribution < 1.29 is 4.79 Å². The summed E-state index contributed by atoms with van der Waals surface area (Å²) in [6, 6.07) is 11.1. The van der Waals surface area contributed by atoms with Crippen LogP contribution in [0, 0.1) is 18.8 Å². The summed E-state index contributed by atoms with van der Waals surface area (Å²) in [5.41, 5.74) is 3.93. The van der Waals surface area contributed by atoms with Crippen molar-refractivity contribution in [1.82, 2.24) is 19.5 Å². The Bertz CT molecular complexity index is 1300. The standard InChI is InChI=1S/C22H17ClN6O/c1-3-5-21(30)26-15-8-9-17-18(10-15)29(13-25-17)20-12-24-11-19(27-20)28-22-14(2)6-4-7-16(22)23/h4,6-13H,1-2H3,(H,26,30)(H,27,28). The van der Waals surface area contributed by atoms with Gasteiger partial charge >= 0.3 is 0 Å². The molecular formula is C22H17ClN6O. The average Bonchev–Trinajstić information content (AvgIpc) is 3.14. The van der Waals surface area contributed by atoms with Gasteiger partial charge in [0.15, 0.2) is 11.6 Å².